The Bertz CT molecular complexity index is 754. The van der Waals surface area contributed by atoms with Gasteiger partial charge in [-0.15, -0.1) is 0 Å². The molecule has 0 spiro atoms. The first-order valence-electron chi connectivity index (χ1n) is 7.68. The highest BCUT2D eigenvalue weighted by atomic mass is 19.2. The molecular weight excluding hydrogens is 300 g/mol. The lowest BCUT2D eigenvalue weighted by Gasteiger charge is -2.20. The number of nitrogens with one attached hydrogen (secondary N) is 1. The van der Waals surface area contributed by atoms with E-state index in [2.05, 4.69) is 9.97 Å². The van der Waals surface area contributed by atoms with Gasteiger partial charge in [-0.2, -0.15) is 0 Å². The lowest BCUT2D eigenvalue weighted by molar-refractivity contribution is -0.129. The van der Waals surface area contributed by atoms with Gasteiger partial charge < -0.3 is 9.88 Å². The van der Waals surface area contributed by atoms with E-state index in [1.807, 2.05) is 25.7 Å². The van der Waals surface area contributed by atoms with Gasteiger partial charge in [0.05, 0.1) is 5.69 Å². The molecule has 23 heavy (non-hydrogen) atoms. The standard InChI is InChI=1S/C17H19F2N3O/c1-9(2)22-8-12(7-15(22)23)17-20-10(3)16(21-17)11-4-5-13(18)14(19)6-11/h4-6,9,12H,7-8H2,1-3H3,(H,20,21)/t12-/m0/s1. The number of halogens is 2. The minimum atomic E-state index is -0.895. The number of aromatic amines is 1. The molecule has 0 bridgehead atoms. The second-order valence-corrected chi connectivity index (χ2v) is 6.27. The molecule has 0 radical (unpaired) electrons. The van der Waals surface area contributed by atoms with Crippen molar-refractivity contribution in [3.63, 3.8) is 0 Å². The first-order valence-corrected chi connectivity index (χ1v) is 7.68. The molecule has 1 fully saturated rings. The van der Waals surface area contributed by atoms with Crippen LogP contribution in [0.2, 0.25) is 0 Å². The van der Waals surface area contributed by atoms with E-state index in [0.29, 0.717) is 24.2 Å². The summed E-state index contributed by atoms with van der Waals surface area (Å²) in [5, 5.41) is 0. The highest BCUT2D eigenvalue weighted by Gasteiger charge is 2.34. The second kappa shape index (κ2) is 5.76. The van der Waals surface area contributed by atoms with Gasteiger partial charge in [0, 0.05) is 36.2 Å². The molecule has 1 aromatic heterocycles. The third-order valence-corrected chi connectivity index (χ3v) is 4.26. The maximum atomic E-state index is 13.4. The molecule has 6 heteroatoms. The number of amides is 1. The van der Waals surface area contributed by atoms with Gasteiger partial charge in [0.15, 0.2) is 11.6 Å². The Balaban J connectivity index is 1.90. The van der Waals surface area contributed by atoms with Crippen molar-refractivity contribution >= 4 is 5.91 Å². The van der Waals surface area contributed by atoms with Crippen molar-refractivity contribution < 1.29 is 13.6 Å². The summed E-state index contributed by atoms with van der Waals surface area (Å²) in [7, 11) is 0. The van der Waals surface area contributed by atoms with E-state index >= 15 is 0 Å². The summed E-state index contributed by atoms with van der Waals surface area (Å²) >= 11 is 0. The zero-order chi connectivity index (χ0) is 16.7. The van der Waals surface area contributed by atoms with Crippen LogP contribution in [0.25, 0.3) is 11.3 Å². The number of hydrogen-bond donors (Lipinski definition) is 1. The second-order valence-electron chi connectivity index (χ2n) is 6.27. The Kier molecular flexibility index (Phi) is 3.92. The molecule has 0 unspecified atom stereocenters. The fourth-order valence-electron chi connectivity index (χ4n) is 3.02. The Morgan fingerprint density at radius 1 is 1.30 bits per heavy atom. The first-order chi connectivity index (χ1) is 10.9. The Morgan fingerprint density at radius 3 is 2.65 bits per heavy atom. The number of aromatic nitrogens is 2. The van der Waals surface area contributed by atoms with Crippen molar-refractivity contribution in [2.24, 2.45) is 0 Å². The van der Waals surface area contributed by atoms with Crippen LogP contribution in [0.1, 0.15) is 37.7 Å². The molecule has 4 nitrogen and oxygen atoms in total. The van der Waals surface area contributed by atoms with Crippen molar-refractivity contribution in [1.82, 2.24) is 14.9 Å². The average molecular weight is 319 g/mol. The van der Waals surface area contributed by atoms with E-state index in [9.17, 15) is 13.6 Å². The fourth-order valence-corrected chi connectivity index (χ4v) is 3.02. The molecule has 0 saturated carbocycles. The number of aryl methyl sites for hydroxylation is 1. The summed E-state index contributed by atoms with van der Waals surface area (Å²) in [6.07, 6.45) is 0.419. The van der Waals surface area contributed by atoms with Crippen molar-refractivity contribution in [2.75, 3.05) is 6.54 Å². The van der Waals surface area contributed by atoms with Gasteiger partial charge in [-0.1, -0.05) is 0 Å². The normalized spacial score (nSPS) is 18.3. The molecule has 1 atom stereocenters. The predicted molar refractivity (Wildman–Crippen MR) is 82.9 cm³/mol. The van der Waals surface area contributed by atoms with E-state index in [4.69, 9.17) is 0 Å². The molecule has 1 aliphatic rings. The van der Waals surface area contributed by atoms with Crippen LogP contribution in [-0.2, 0) is 4.79 Å². The van der Waals surface area contributed by atoms with E-state index in [-0.39, 0.29) is 17.9 Å². The molecule has 1 N–H and O–H groups in total. The average Bonchev–Trinajstić information content (AvgIpc) is 3.05. The number of hydrogen-bond acceptors (Lipinski definition) is 2. The molecule has 2 aromatic rings. The monoisotopic (exact) mass is 319 g/mol. The number of benzene rings is 1. The van der Waals surface area contributed by atoms with E-state index < -0.39 is 11.6 Å². The Hall–Kier alpha value is -2.24. The first kappa shape index (κ1) is 15.6. The van der Waals surface area contributed by atoms with E-state index in [1.165, 1.54) is 6.07 Å². The molecule has 1 aliphatic heterocycles. The van der Waals surface area contributed by atoms with Gasteiger partial charge in [-0.25, -0.2) is 13.8 Å². The quantitative estimate of drug-likeness (QED) is 0.943. The van der Waals surface area contributed by atoms with Crippen molar-refractivity contribution in [3.05, 3.63) is 41.4 Å². The molecule has 122 valence electrons. The zero-order valence-electron chi connectivity index (χ0n) is 13.4. The molecule has 1 amide bonds. The number of carbonyl (C=O) groups excluding carboxylic acids is 1. The van der Waals surface area contributed by atoms with E-state index in [1.54, 1.807) is 0 Å². The maximum absolute atomic E-state index is 13.4. The highest BCUT2D eigenvalue weighted by molar-refractivity contribution is 5.80. The van der Waals surface area contributed by atoms with Crippen molar-refractivity contribution in [3.8, 4) is 11.3 Å². The van der Waals surface area contributed by atoms with Crippen LogP contribution in [-0.4, -0.2) is 33.4 Å². The highest BCUT2D eigenvalue weighted by Crippen LogP contribution is 2.31. The molecule has 1 saturated heterocycles. The summed E-state index contributed by atoms with van der Waals surface area (Å²) in [6, 6.07) is 3.90. The van der Waals surface area contributed by atoms with Crippen LogP contribution in [0.5, 0.6) is 0 Å². The number of nitrogens with zero attached hydrogens (tertiary/aromatic N) is 2. The van der Waals surface area contributed by atoms with Crippen molar-refractivity contribution in [1.29, 1.82) is 0 Å². The fraction of sp³-hybridized carbons (Fsp3) is 0.412. The topological polar surface area (TPSA) is 49.0 Å². The summed E-state index contributed by atoms with van der Waals surface area (Å²) in [4.78, 5) is 21.6. The number of imidazole rings is 1. The molecular formula is C17H19F2N3O. The summed E-state index contributed by atoms with van der Waals surface area (Å²) in [6.45, 7) is 6.44. The zero-order valence-corrected chi connectivity index (χ0v) is 13.4. The third-order valence-electron chi connectivity index (χ3n) is 4.26. The smallest absolute Gasteiger partial charge is 0.223 e. The SMILES string of the molecule is Cc1[nH]c([C@H]2CC(=O)N(C(C)C)C2)nc1-c1ccc(F)c(F)c1. The van der Waals surface area contributed by atoms with Gasteiger partial charge in [0.1, 0.15) is 5.82 Å². The lowest BCUT2D eigenvalue weighted by atomic mass is 10.1. The van der Waals surface area contributed by atoms with E-state index in [0.717, 1.165) is 23.7 Å². The molecule has 3 rings (SSSR count). The number of carbonyl (C=O) groups is 1. The van der Waals surface area contributed by atoms with Gasteiger partial charge >= 0.3 is 0 Å². The number of likely N-dealkylation sites (tertiary alicyclic amines) is 1. The largest absolute Gasteiger partial charge is 0.345 e. The number of H-pyrrole nitrogens is 1. The van der Waals surface area contributed by atoms with Crippen molar-refractivity contribution in [2.45, 2.75) is 39.2 Å². The van der Waals surface area contributed by atoms with Gasteiger partial charge in [-0.3, -0.25) is 4.79 Å². The summed E-state index contributed by atoms with van der Waals surface area (Å²) in [5.41, 5.74) is 1.89. The van der Waals surface area contributed by atoms with Crippen LogP contribution in [0.4, 0.5) is 8.78 Å². The lowest BCUT2D eigenvalue weighted by Crippen LogP contribution is -2.31. The molecule has 1 aromatic carbocycles. The van der Waals surface area contributed by atoms with Crippen LogP contribution >= 0.6 is 0 Å². The number of rotatable bonds is 3. The van der Waals surface area contributed by atoms with Crippen LogP contribution < -0.4 is 0 Å². The Morgan fingerprint density at radius 2 is 2.04 bits per heavy atom. The maximum Gasteiger partial charge on any atom is 0.223 e. The van der Waals surface area contributed by atoms with Crippen LogP contribution in [0.15, 0.2) is 18.2 Å². The third kappa shape index (κ3) is 2.85. The van der Waals surface area contributed by atoms with Crippen LogP contribution in [0.3, 0.4) is 0 Å². The summed E-state index contributed by atoms with van der Waals surface area (Å²) < 4.78 is 26.5. The molecule has 2 heterocycles. The Labute approximate surface area is 133 Å². The van der Waals surface area contributed by atoms with Crippen LogP contribution in [0, 0.1) is 18.6 Å². The minimum Gasteiger partial charge on any atom is -0.345 e. The van der Waals surface area contributed by atoms with Gasteiger partial charge in [-0.05, 0) is 39.0 Å². The van der Waals surface area contributed by atoms with Gasteiger partial charge in [0.25, 0.3) is 0 Å². The predicted octanol–water partition coefficient (Wildman–Crippen LogP) is 3.39. The molecule has 0 aliphatic carbocycles. The van der Waals surface area contributed by atoms with Gasteiger partial charge in [0.2, 0.25) is 5.91 Å². The summed E-state index contributed by atoms with van der Waals surface area (Å²) in [5.74, 6) is -0.931. The minimum absolute atomic E-state index is 0.00245.